The maximum absolute atomic E-state index is 2.49. The van der Waals surface area contributed by atoms with Crippen LogP contribution < -0.4 is 0 Å². The summed E-state index contributed by atoms with van der Waals surface area (Å²) in [5.74, 6) is 0. The van der Waals surface area contributed by atoms with E-state index in [2.05, 4.69) is 109 Å². The summed E-state index contributed by atoms with van der Waals surface area (Å²) in [6.45, 7) is 0. The van der Waals surface area contributed by atoms with Crippen LogP contribution in [0.4, 0.5) is 0 Å². The summed E-state index contributed by atoms with van der Waals surface area (Å²) in [4.78, 5) is 0. The smallest absolute Gasteiger partial charge is 0.0705 e. The standard InChI is InChI=1S/C38H18/c1-5-22-16-23-6-2-8-25-18-29-35-27-9-3-4-19-10-11-20-12-13-21-14-15-26(37(35)34(21)33(20)32(19)27)28-17-24(7-1)30(22)38(31(23)25)36(28)29/h1-18H. The summed E-state index contributed by atoms with van der Waals surface area (Å²) in [5, 5.41) is 27.6. The van der Waals surface area contributed by atoms with Gasteiger partial charge in [-0.05, 0) is 81.5 Å². The minimum atomic E-state index is 1.33. The highest BCUT2D eigenvalue weighted by Gasteiger charge is 2.26. The molecule has 11 aromatic rings. The molecule has 170 valence electrons. The van der Waals surface area contributed by atoms with Crippen LogP contribution in [0.2, 0.25) is 0 Å². The fourth-order valence-corrected chi connectivity index (χ4v) is 8.17. The summed E-state index contributed by atoms with van der Waals surface area (Å²) in [5.41, 5.74) is 0. The molecule has 0 saturated carbocycles. The van der Waals surface area contributed by atoms with E-state index in [1.807, 2.05) is 0 Å². The van der Waals surface area contributed by atoms with Crippen molar-refractivity contribution in [1.29, 1.82) is 0 Å². The summed E-state index contributed by atoms with van der Waals surface area (Å²) in [6, 6.07) is 41.8. The van der Waals surface area contributed by atoms with Crippen molar-refractivity contribution in [2.24, 2.45) is 0 Å². The van der Waals surface area contributed by atoms with Crippen LogP contribution in [0, 0.1) is 0 Å². The van der Waals surface area contributed by atoms with Gasteiger partial charge in [0.05, 0.1) is 21.5 Å². The molecule has 0 aliphatic rings. The highest BCUT2D eigenvalue weighted by molar-refractivity contribution is 6.50. The van der Waals surface area contributed by atoms with Crippen molar-refractivity contribution in [3.63, 3.8) is 0 Å². The van der Waals surface area contributed by atoms with Gasteiger partial charge in [-0.3, -0.25) is 0 Å². The van der Waals surface area contributed by atoms with Crippen LogP contribution in [0.1, 0.15) is 0 Å². The van der Waals surface area contributed by atoms with Crippen LogP contribution >= 0.6 is 0 Å². The maximum atomic E-state index is 2.49. The van der Waals surface area contributed by atoms with E-state index in [4.69, 9.17) is 0 Å². The average Bonchev–Trinajstić information content (AvgIpc) is 2.96. The second-order valence-corrected chi connectivity index (χ2v) is 11.2. The van der Waals surface area contributed by atoms with E-state index in [1.165, 1.54) is 108 Å². The lowest BCUT2D eigenvalue weighted by molar-refractivity contribution is 1.80. The monoisotopic (exact) mass is 474 g/mol. The van der Waals surface area contributed by atoms with Gasteiger partial charge in [-0.25, -0.2) is 0 Å². The van der Waals surface area contributed by atoms with E-state index in [-0.39, 0.29) is 0 Å². The van der Waals surface area contributed by atoms with Crippen molar-refractivity contribution in [3.8, 4) is 0 Å². The molecule has 0 saturated heterocycles. The van der Waals surface area contributed by atoms with Crippen molar-refractivity contribution in [1.82, 2.24) is 0 Å². The molecule has 0 heteroatoms. The van der Waals surface area contributed by atoms with Crippen LogP contribution in [0.3, 0.4) is 0 Å². The molecular formula is C38H18. The molecule has 0 heterocycles. The second kappa shape index (κ2) is 5.79. The number of hydrogen-bond donors (Lipinski definition) is 0. The Morgan fingerprint density at radius 3 is 2.03 bits per heavy atom. The Morgan fingerprint density at radius 1 is 0.421 bits per heavy atom. The molecule has 0 N–H and O–H groups in total. The fourth-order valence-electron chi connectivity index (χ4n) is 8.17. The SMILES string of the molecule is c1cc2cc3cc[cH-]c4cc5c6ccc7ccc8ccc9cccc%10c9c8c7c6[c+]%10c6cc(c1)c2c(c34)c56. The molecule has 0 amide bonds. The summed E-state index contributed by atoms with van der Waals surface area (Å²) in [6.07, 6.45) is 0. The predicted octanol–water partition coefficient (Wildman–Crippen LogP) is 11.0. The number of benzene rings is 11. The van der Waals surface area contributed by atoms with Gasteiger partial charge in [-0.15, -0.1) is 29.7 Å². The van der Waals surface area contributed by atoms with Crippen molar-refractivity contribution in [2.45, 2.75) is 0 Å². The quantitative estimate of drug-likeness (QED) is 0.116. The molecule has 0 atom stereocenters. The molecule has 0 aromatic heterocycles. The number of fused-ring (bicyclic) bond motifs is 3. The van der Waals surface area contributed by atoms with Gasteiger partial charge < -0.3 is 0 Å². The van der Waals surface area contributed by atoms with Crippen LogP contribution in [-0.4, -0.2) is 0 Å². The van der Waals surface area contributed by atoms with E-state index in [0.29, 0.717) is 0 Å². The Bertz CT molecular complexity index is 2730. The van der Waals surface area contributed by atoms with Crippen LogP contribution in [0.25, 0.3) is 108 Å². The van der Waals surface area contributed by atoms with Gasteiger partial charge in [0.15, 0.2) is 0 Å². The molecule has 11 aromatic carbocycles. The van der Waals surface area contributed by atoms with E-state index in [1.54, 1.807) is 0 Å². The topological polar surface area (TPSA) is 0 Å². The lowest BCUT2D eigenvalue weighted by Gasteiger charge is -2.22. The molecule has 38 heavy (non-hydrogen) atoms. The lowest BCUT2D eigenvalue weighted by atomic mass is 9.79. The minimum Gasteiger partial charge on any atom is -0.145 e. The normalized spacial score (nSPS) is 13.3. The summed E-state index contributed by atoms with van der Waals surface area (Å²) < 4.78 is 0. The summed E-state index contributed by atoms with van der Waals surface area (Å²) in [7, 11) is 0. The van der Waals surface area contributed by atoms with Gasteiger partial charge >= 0.3 is 0 Å². The third kappa shape index (κ3) is 1.82. The average molecular weight is 475 g/mol. The van der Waals surface area contributed by atoms with Crippen molar-refractivity contribution < 1.29 is 0 Å². The zero-order valence-electron chi connectivity index (χ0n) is 20.4. The molecule has 0 nitrogen and oxygen atoms in total. The fraction of sp³-hybridized carbons (Fsp3) is 0. The maximum Gasteiger partial charge on any atom is 0.0705 e. The summed E-state index contributed by atoms with van der Waals surface area (Å²) >= 11 is 0. The predicted molar refractivity (Wildman–Crippen MR) is 166 cm³/mol. The molecule has 0 aliphatic heterocycles. The second-order valence-electron chi connectivity index (χ2n) is 11.2. The molecule has 0 unspecified atom stereocenters. The first-order valence-electron chi connectivity index (χ1n) is 13.4. The van der Waals surface area contributed by atoms with Gasteiger partial charge in [-0.1, -0.05) is 41.1 Å². The Morgan fingerprint density at radius 2 is 1.13 bits per heavy atom. The Labute approximate surface area is 216 Å². The molecule has 0 radical (unpaired) electrons. The first kappa shape index (κ1) is 18.3. The van der Waals surface area contributed by atoms with Gasteiger partial charge in [0.25, 0.3) is 0 Å². The Hall–Kier alpha value is -4.94. The highest BCUT2D eigenvalue weighted by Crippen LogP contribution is 2.52. The van der Waals surface area contributed by atoms with Crippen LogP contribution in [-0.2, 0) is 0 Å². The van der Waals surface area contributed by atoms with E-state index in [0.717, 1.165) is 0 Å². The zero-order chi connectivity index (χ0) is 24.3. The molecule has 0 bridgehead atoms. The molecule has 0 spiro atoms. The first-order chi connectivity index (χ1) is 18.8. The van der Waals surface area contributed by atoms with Crippen molar-refractivity contribution in [2.75, 3.05) is 0 Å². The van der Waals surface area contributed by atoms with E-state index >= 15 is 0 Å². The molecule has 0 aliphatic carbocycles. The zero-order valence-corrected chi connectivity index (χ0v) is 20.4. The third-order valence-electron chi connectivity index (χ3n) is 9.54. The Kier molecular flexibility index (Phi) is 2.79. The number of hydrogen-bond acceptors (Lipinski definition) is 0. The molecule has 11 rings (SSSR count). The van der Waals surface area contributed by atoms with Crippen LogP contribution in [0.5, 0.6) is 0 Å². The third-order valence-corrected chi connectivity index (χ3v) is 9.54. The Balaban J connectivity index is 1.63. The van der Waals surface area contributed by atoms with E-state index in [9.17, 15) is 0 Å². The van der Waals surface area contributed by atoms with Crippen molar-refractivity contribution in [3.05, 3.63) is 109 Å². The highest BCUT2D eigenvalue weighted by atomic mass is 14.3. The van der Waals surface area contributed by atoms with Gasteiger partial charge in [0, 0.05) is 43.1 Å². The first-order valence-corrected chi connectivity index (χ1v) is 13.4. The van der Waals surface area contributed by atoms with Gasteiger partial charge in [0.2, 0.25) is 0 Å². The lowest BCUT2D eigenvalue weighted by Crippen LogP contribution is -1.95. The largest absolute Gasteiger partial charge is 0.145 e. The van der Waals surface area contributed by atoms with E-state index < -0.39 is 0 Å². The van der Waals surface area contributed by atoms with Gasteiger partial charge in [-0.2, -0.15) is 0 Å². The van der Waals surface area contributed by atoms with Gasteiger partial charge in [0.1, 0.15) is 0 Å². The minimum absolute atomic E-state index is 1.33. The van der Waals surface area contributed by atoms with Crippen molar-refractivity contribution >= 4 is 108 Å². The number of rotatable bonds is 0. The van der Waals surface area contributed by atoms with Crippen LogP contribution in [0.15, 0.2) is 109 Å². The molecule has 0 fully saturated rings. The molecular weight excluding hydrogens is 456 g/mol.